The highest BCUT2D eigenvalue weighted by Gasteiger charge is 2.20. The van der Waals surface area contributed by atoms with Crippen LogP contribution < -0.4 is 0 Å². The van der Waals surface area contributed by atoms with Crippen LogP contribution in [0.1, 0.15) is 6.42 Å². The molecule has 0 N–H and O–H groups in total. The molecule has 94 valence electrons. The smallest absolute Gasteiger partial charge is 0.306 e. The van der Waals surface area contributed by atoms with Crippen LogP contribution in [0.4, 0.5) is 0 Å². The van der Waals surface area contributed by atoms with Gasteiger partial charge in [0, 0.05) is 13.6 Å². The molecule has 0 bridgehead atoms. The lowest BCUT2D eigenvalue weighted by Gasteiger charge is -2.16. The maximum absolute atomic E-state index is 12.0. The number of esters is 1. The number of benzene rings is 1. The SMILES string of the molecule is COC(=O)CCN(C)S(=O)(=O)c1ccccc1. The molecule has 0 radical (unpaired) electrons. The zero-order chi connectivity index (χ0) is 12.9. The van der Waals surface area contributed by atoms with Crippen LogP contribution in [0.25, 0.3) is 0 Å². The maximum atomic E-state index is 12.0. The quantitative estimate of drug-likeness (QED) is 0.734. The molecule has 1 aromatic rings. The summed E-state index contributed by atoms with van der Waals surface area (Å²) in [6.45, 7) is 0.101. The molecule has 0 unspecified atom stereocenters. The summed E-state index contributed by atoms with van der Waals surface area (Å²) in [4.78, 5) is 11.2. The lowest BCUT2D eigenvalue weighted by molar-refractivity contribution is -0.140. The molecule has 0 spiro atoms. The predicted octanol–water partition coefficient (Wildman–Crippen LogP) is 0.870. The monoisotopic (exact) mass is 257 g/mol. The van der Waals surface area contributed by atoms with Crippen LogP contribution in [0.5, 0.6) is 0 Å². The van der Waals surface area contributed by atoms with Gasteiger partial charge in [-0.2, -0.15) is 0 Å². The minimum atomic E-state index is -3.52. The molecular formula is C11H15NO4S. The third-order valence-electron chi connectivity index (χ3n) is 2.31. The lowest BCUT2D eigenvalue weighted by Crippen LogP contribution is -2.29. The van der Waals surface area contributed by atoms with Gasteiger partial charge in [0.05, 0.1) is 18.4 Å². The summed E-state index contributed by atoms with van der Waals surface area (Å²) >= 11 is 0. The summed E-state index contributed by atoms with van der Waals surface area (Å²) < 4.78 is 29.6. The van der Waals surface area contributed by atoms with Crippen molar-refractivity contribution < 1.29 is 17.9 Å². The van der Waals surface area contributed by atoms with E-state index in [0.29, 0.717) is 0 Å². The Kier molecular flexibility index (Phi) is 4.65. The standard InChI is InChI=1S/C11H15NO4S/c1-12(9-8-11(13)16-2)17(14,15)10-6-4-3-5-7-10/h3-7H,8-9H2,1-2H3. The van der Waals surface area contributed by atoms with Gasteiger partial charge in [-0.05, 0) is 12.1 Å². The molecule has 0 heterocycles. The van der Waals surface area contributed by atoms with E-state index in [1.807, 2.05) is 0 Å². The van der Waals surface area contributed by atoms with E-state index in [1.54, 1.807) is 18.2 Å². The topological polar surface area (TPSA) is 63.7 Å². The second kappa shape index (κ2) is 5.79. The van der Waals surface area contributed by atoms with E-state index in [4.69, 9.17) is 0 Å². The van der Waals surface area contributed by atoms with Crippen LogP contribution in [0.15, 0.2) is 35.2 Å². The van der Waals surface area contributed by atoms with Crippen LogP contribution in [-0.4, -0.2) is 39.4 Å². The van der Waals surface area contributed by atoms with Crippen LogP contribution in [-0.2, 0) is 19.6 Å². The van der Waals surface area contributed by atoms with Gasteiger partial charge in [0.25, 0.3) is 0 Å². The molecule has 17 heavy (non-hydrogen) atoms. The van der Waals surface area contributed by atoms with Gasteiger partial charge < -0.3 is 4.74 Å². The summed E-state index contributed by atoms with van der Waals surface area (Å²) in [5, 5.41) is 0. The van der Waals surface area contributed by atoms with E-state index in [0.717, 1.165) is 4.31 Å². The average Bonchev–Trinajstić information content (AvgIpc) is 2.36. The normalized spacial score (nSPS) is 11.5. The first-order valence-electron chi connectivity index (χ1n) is 5.06. The van der Waals surface area contributed by atoms with Crippen molar-refractivity contribution in [2.75, 3.05) is 20.7 Å². The number of ether oxygens (including phenoxy) is 1. The second-order valence-electron chi connectivity index (χ2n) is 3.47. The van der Waals surface area contributed by atoms with E-state index < -0.39 is 16.0 Å². The average molecular weight is 257 g/mol. The highest BCUT2D eigenvalue weighted by molar-refractivity contribution is 7.89. The maximum Gasteiger partial charge on any atom is 0.306 e. The van der Waals surface area contributed by atoms with Crippen molar-refractivity contribution in [2.45, 2.75) is 11.3 Å². The molecule has 6 heteroatoms. The number of methoxy groups -OCH3 is 1. The van der Waals surface area contributed by atoms with Crippen molar-refractivity contribution in [3.8, 4) is 0 Å². The molecular weight excluding hydrogens is 242 g/mol. The van der Waals surface area contributed by atoms with Crippen LogP contribution >= 0.6 is 0 Å². The molecule has 0 saturated heterocycles. The summed E-state index contributed by atoms with van der Waals surface area (Å²) in [5.74, 6) is -0.430. The van der Waals surface area contributed by atoms with E-state index in [2.05, 4.69) is 4.74 Å². The molecule has 0 fully saturated rings. The fourth-order valence-corrected chi connectivity index (χ4v) is 2.44. The molecule has 0 atom stereocenters. The van der Waals surface area contributed by atoms with Crippen LogP contribution in [0.3, 0.4) is 0 Å². The van der Waals surface area contributed by atoms with Crippen LogP contribution in [0, 0.1) is 0 Å². The molecule has 1 aromatic carbocycles. The third-order valence-corrected chi connectivity index (χ3v) is 4.18. The first-order valence-corrected chi connectivity index (χ1v) is 6.50. The molecule has 5 nitrogen and oxygen atoms in total. The van der Waals surface area contributed by atoms with Gasteiger partial charge in [-0.1, -0.05) is 18.2 Å². The lowest BCUT2D eigenvalue weighted by atomic mass is 10.4. The number of hydrogen-bond donors (Lipinski definition) is 0. The highest BCUT2D eigenvalue weighted by Crippen LogP contribution is 2.13. The Hall–Kier alpha value is -1.40. The van der Waals surface area contributed by atoms with E-state index in [-0.39, 0.29) is 17.9 Å². The molecule has 0 saturated carbocycles. The molecule has 0 amide bonds. The molecule has 0 aliphatic carbocycles. The number of carbonyl (C=O) groups excluding carboxylic acids is 1. The van der Waals surface area contributed by atoms with Gasteiger partial charge in [0.15, 0.2) is 0 Å². The molecule has 1 rings (SSSR count). The van der Waals surface area contributed by atoms with Crippen molar-refractivity contribution in [2.24, 2.45) is 0 Å². The first kappa shape index (κ1) is 13.7. The Morgan fingerprint density at radius 3 is 2.41 bits per heavy atom. The van der Waals surface area contributed by atoms with Gasteiger partial charge in [0.1, 0.15) is 0 Å². The highest BCUT2D eigenvalue weighted by atomic mass is 32.2. The minimum Gasteiger partial charge on any atom is -0.469 e. The Morgan fingerprint density at radius 1 is 1.29 bits per heavy atom. The van der Waals surface area contributed by atoms with Gasteiger partial charge in [-0.15, -0.1) is 0 Å². The van der Waals surface area contributed by atoms with Gasteiger partial charge in [0.2, 0.25) is 10.0 Å². The summed E-state index contributed by atoms with van der Waals surface area (Å²) in [5.41, 5.74) is 0. The third kappa shape index (κ3) is 3.54. The molecule has 0 aliphatic heterocycles. The largest absolute Gasteiger partial charge is 0.469 e. The number of sulfonamides is 1. The van der Waals surface area contributed by atoms with E-state index in [9.17, 15) is 13.2 Å². The number of rotatable bonds is 5. The zero-order valence-electron chi connectivity index (χ0n) is 9.79. The van der Waals surface area contributed by atoms with Crippen molar-refractivity contribution >= 4 is 16.0 Å². The van der Waals surface area contributed by atoms with Crippen molar-refractivity contribution in [1.29, 1.82) is 0 Å². The van der Waals surface area contributed by atoms with Crippen molar-refractivity contribution in [3.05, 3.63) is 30.3 Å². The van der Waals surface area contributed by atoms with Gasteiger partial charge >= 0.3 is 5.97 Å². The molecule has 0 aliphatic rings. The Labute approximate surface area is 101 Å². The fourth-order valence-electron chi connectivity index (χ4n) is 1.24. The Bertz CT molecular complexity index is 470. The summed E-state index contributed by atoms with van der Waals surface area (Å²) in [7, 11) is -0.810. The van der Waals surface area contributed by atoms with Gasteiger partial charge in [-0.3, -0.25) is 4.79 Å². The zero-order valence-corrected chi connectivity index (χ0v) is 10.6. The number of nitrogens with zero attached hydrogens (tertiary/aromatic N) is 1. The second-order valence-corrected chi connectivity index (χ2v) is 5.51. The van der Waals surface area contributed by atoms with E-state index in [1.165, 1.54) is 26.3 Å². The minimum absolute atomic E-state index is 0.0407. The van der Waals surface area contributed by atoms with Gasteiger partial charge in [-0.25, -0.2) is 12.7 Å². The fraction of sp³-hybridized carbons (Fsp3) is 0.364. The Balaban J connectivity index is 2.75. The Morgan fingerprint density at radius 2 is 1.88 bits per heavy atom. The predicted molar refractivity (Wildman–Crippen MR) is 62.9 cm³/mol. The number of carbonyl (C=O) groups is 1. The first-order chi connectivity index (χ1) is 7.98. The summed E-state index contributed by atoms with van der Waals surface area (Å²) in [6, 6.07) is 8.09. The van der Waals surface area contributed by atoms with E-state index >= 15 is 0 Å². The van der Waals surface area contributed by atoms with Crippen molar-refractivity contribution in [3.63, 3.8) is 0 Å². The van der Waals surface area contributed by atoms with Crippen LogP contribution in [0.2, 0.25) is 0 Å². The van der Waals surface area contributed by atoms with Crippen molar-refractivity contribution in [1.82, 2.24) is 4.31 Å². The number of hydrogen-bond acceptors (Lipinski definition) is 4. The molecule has 0 aromatic heterocycles. The summed E-state index contributed by atoms with van der Waals surface area (Å²) in [6.07, 6.45) is 0.0407.